The van der Waals surface area contributed by atoms with Crippen LogP contribution in [0.4, 0.5) is 11.8 Å². The number of anilines is 2. The number of aromatic nitrogens is 3. The minimum atomic E-state index is -0.280. The van der Waals surface area contributed by atoms with Crippen molar-refractivity contribution in [3.05, 3.63) is 57.5 Å². The highest BCUT2D eigenvalue weighted by Crippen LogP contribution is 2.24. The summed E-state index contributed by atoms with van der Waals surface area (Å²) in [4.78, 5) is 26.9. The zero-order chi connectivity index (χ0) is 21.3. The summed E-state index contributed by atoms with van der Waals surface area (Å²) in [5, 5.41) is 4.78. The van der Waals surface area contributed by atoms with Gasteiger partial charge in [-0.05, 0) is 43.2 Å². The van der Waals surface area contributed by atoms with Gasteiger partial charge in [-0.3, -0.25) is 4.79 Å². The number of hydrogen-bond acceptors (Lipinski definition) is 6. The van der Waals surface area contributed by atoms with E-state index in [1.165, 1.54) is 0 Å². The minimum absolute atomic E-state index is 0.144. The Morgan fingerprint density at radius 1 is 1.27 bits per heavy atom. The first-order valence-corrected chi connectivity index (χ1v) is 10.6. The highest BCUT2D eigenvalue weighted by Gasteiger charge is 2.27. The Hall–Kier alpha value is -2.64. The third-order valence-corrected chi connectivity index (χ3v) is 5.75. The van der Waals surface area contributed by atoms with Crippen LogP contribution in [0.5, 0.6) is 0 Å². The number of rotatable bonds is 5. The average Bonchev–Trinajstić information content (AvgIpc) is 2.73. The van der Waals surface area contributed by atoms with E-state index in [4.69, 9.17) is 21.3 Å². The maximum absolute atomic E-state index is 12.6. The number of fused-ring (bicyclic) bond motifs is 1. The van der Waals surface area contributed by atoms with Crippen LogP contribution >= 0.6 is 11.6 Å². The Bertz CT molecular complexity index is 1100. The second-order valence-corrected chi connectivity index (χ2v) is 8.41. The molecule has 0 saturated carbocycles. The van der Waals surface area contributed by atoms with Gasteiger partial charge in [0.15, 0.2) is 0 Å². The number of nitrogens with zero attached hydrogens (tertiary/aromatic N) is 3. The summed E-state index contributed by atoms with van der Waals surface area (Å²) in [7, 11) is 0. The summed E-state index contributed by atoms with van der Waals surface area (Å²) >= 11 is 6.10. The number of ether oxygens (including phenoxy) is 1. The van der Waals surface area contributed by atoms with Crippen molar-refractivity contribution < 1.29 is 4.74 Å². The SMILES string of the molecule is CC(Nc1nccc(N2CCOC[C@@H]2C(C)C)n1)c1cc2cc(Cl)ccc2[nH]c1=O. The fraction of sp³-hybridized carbons (Fsp3) is 0.409. The number of morpholine rings is 1. The molecule has 1 aliphatic rings. The molecule has 2 atom stereocenters. The molecule has 1 aliphatic heterocycles. The lowest BCUT2D eigenvalue weighted by Gasteiger charge is -2.38. The van der Waals surface area contributed by atoms with Crippen molar-refractivity contribution in [2.24, 2.45) is 5.92 Å². The molecule has 2 N–H and O–H groups in total. The third kappa shape index (κ3) is 4.27. The van der Waals surface area contributed by atoms with Crippen LogP contribution in [-0.2, 0) is 4.74 Å². The van der Waals surface area contributed by atoms with Crippen LogP contribution in [0.1, 0.15) is 32.4 Å². The second kappa shape index (κ2) is 8.62. The zero-order valence-corrected chi connectivity index (χ0v) is 18.1. The van der Waals surface area contributed by atoms with Crippen molar-refractivity contribution in [2.45, 2.75) is 32.9 Å². The molecule has 1 saturated heterocycles. The van der Waals surface area contributed by atoms with Crippen molar-refractivity contribution in [1.82, 2.24) is 15.0 Å². The van der Waals surface area contributed by atoms with Crippen molar-refractivity contribution in [3.63, 3.8) is 0 Å². The Balaban J connectivity index is 1.59. The number of pyridine rings is 1. The largest absolute Gasteiger partial charge is 0.377 e. The highest BCUT2D eigenvalue weighted by molar-refractivity contribution is 6.31. The molecule has 4 rings (SSSR count). The molecule has 0 amide bonds. The maximum Gasteiger partial charge on any atom is 0.253 e. The number of halogens is 1. The van der Waals surface area contributed by atoms with Gasteiger partial charge in [-0.1, -0.05) is 25.4 Å². The van der Waals surface area contributed by atoms with Crippen molar-refractivity contribution in [1.29, 1.82) is 0 Å². The van der Waals surface area contributed by atoms with Crippen LogP contribution in [0.15, 0.2) is 41.3 Å². The Morgan fingerprint density at radius 2 is 2.10 bits per heavy atom. The summed E-state index contributed by atoms with van der Waals surface area (Å²) in [6.45, 7) is 8.46. The topological polar surface area (TPSA) is 83.1 Å². The van der Waals surface area contributed by atoms with Gasteiger partial charge in [0.05, 0.1) is 25.3 Å². The van der Waals surface area contributed by atoms with E-state index < -0.39 is 0 Å². The quantitative estimate of drug-likeness (QED) is 0.640. The van der Waals surface area contributed by atoms with Gasteiger partial charge in [0.2, 0.25) is 5.95 Å². The van der Waals surface area contributed by atoms with E-state index in [1.54, 1.807) is 18.3 Å². The molecule has 0 bridgehead atoms. The van der Waals surface area contributed by atoms with Crippen LogP contribution in [0.2, 0.25) is 5.02 Å². The van der Waals surface area contributed by atoms with E-state index in [-0.39, 0.29) is 17.6 Å². The van der Waals surface area contributed by atoms with Gasteiger partial charge in [0, 0.05) is 34.2 Å². The smallest absolute Gasteiger partial charge is 0.253 e. The van der Waals surface area contributed by atoms with Gasteiger partial charge in [0.25, 0.3) is 5.56 Å². The molecule has 0 radical (unpaired) electrons. The van der Waals surface area contributed by atoms with Crippen LogP contribution in [0.3, 0.4) is 0 Å². The molecule has 7 nitrogen and oxygen atoms in total. The Kier molecular flexibility index (Phi) is 5.92. The lowest BCUT2D eigenvalue weighted by molar-refractivity contribution is 0.0802. The van der Waals surface area contributed by atoms with E-state index in [0.29, 0.717) is 35.7 Å². The molecule has 3 aromatic rings. The molecule has 0 spiro atoms. The fourth-order valence-corrected chi connectivity index (χ4v) is 4.01. The lowest BCUT2D eigenvalue weighted by Crippen LogP contribution is -2.48. The van der Waals surface area contributed by atoms with Gasteiger partial charge in [0.1, 0.15) is 5.82 Å². The number of hydrogen-bond donors (Lipinski definition) is 2. The standard InChI is InChI=1S/C22H26ClN5O2/c1-13(2)19-12-30-9-8-28(19)20-6-7-24-22(27-20)25-14(3)17-11-15-10-16(23)4-5-18(15)26-21(17)29/h4-7,10-11,13-14,19H,8-9,12H2,1-3H3,(H,26,29)(H,24,25,27)/t14?,19-/m1/s1. The highest BCUT2D eigenvalue weighted by atomic mass is 35.5. The third-order valence-electron chi connectivity index (χ3n) is 5.52. The number of benzene rings is 1. The van der Waals surface area contributed by atoms with Crippen molar-refractivity contribution in [3.8, 4) is 0 Å². The van der Waals surface area contributed by atoms with Gasteiger partial charge < -0.3 is 19.9 Å². The predicted octanol–water partition coefficient (Wildman–Crippen LogP) is 4.01. The van der Waals surface area contributed by atoms with E-state index in [2.05, 4.69) is 34.0 Å². The van der Waals surface area contributed by atoms with Crippen LogP contribution in [-0.4, -0.2) is 40.8 Å². The van der Waals surface area contributed by atoms with E-state index in [0.717, 1.165) is 23.3 Å². The zero-order valence-electron chi connectivity index (χ0n) is 17.4. The van der Waals surface area contributed by atoms with Crippen molar-refractivity contribution in [2.75, 3.05) is 30.0 Å². The first kappa shape index (κ1) is 20.6. The average molecular weight is 428 g/mol. The normalized spacial score (nSPS) is 18.0. The molecule has 8 heteroatoms. The first-order chi connectivity index (χ1) is 14.4. The van der Waals surface area contributed by atoms with E-state index >= 15 is 0 Å². The molecular weight excluding hydrogens is 402 g/mol. The first-order valence-electron chi connectivity index (χ1n) is 10.2. The summed E-state index contributed by atoms with van der Waals surface area (Å²) in [5.74, 6) is 1.79. The molecule has 1 fully saturated rings. The predicted molar refractivity (Wildman–Crippen MR) is 120 cm³/mol. The van der Waals surface area contributed by atoms with Crippen molar-refractivity contribution >= 4 is 34.3 Å². The molecule has 158 valence electrons. The summed E-state index contributed by atoms with van der Waals surface area (Å²) in [6.07, 6.45) is 1.74. The molecular formula is C22H26ClN5O2. The van der Waals surface area contributed by atoms with Crippen LogP contribution in [0, 0.1) is 5.92 Å². The summed E-state index contributed by atoms with van der Waals surface area (Å²) in [6, 6.07) is 9.17. The molecule has 0 aliphatic carbocycles. The number of H-pyrrole nitrogens is 1. The van der Waals surface area contributed by atoms with Gasteiger partial charge in [-0.25, -0.2) is 4.98 Å². The summed E-state index contributed by atoms with van der Waals surface area (Å²) < 4.78 is 5.66. The van der Waals surface area contributed by atoms with Crippen LogP contribution in [0.25, 0.3) is 10.9 Å². The molecule has 30 heavy (non-hydrogen) atoms. The van der Waals surface area contributed by atoms with E-state index in [9.17, 15) is 4.79 Å². The molecule has 2 aromatic heterocycles. The Morgan fingerprint density at radius 3 is 2.90 bits per heavy atom. The number of aromatic amines is 1. The van der Waals surface area contributed by atoms with Gasteiger partial charge in [-0.2, -0.15) is 4.98 Å². The summed E-state index contributed by atoms with van der Waals surface area (Å²) in [5.41, 5.74) is 1.21. The lowest BCUT2D eigenvalue weighted by atomic mass is 10.0. The minimum Gasteiger partial charge on any atom is -0.377 e. The van der Waals surface area contributed by atoms with Crippen LogP contribution < -0.4 is 15.8 Å². The van der Waals surface area contributed by atoms with Gasteiger partial charge >= 0.3 is 0 Å². The number of nitrogens with one attached hydrogen (secondary N) is 2. The van der Waals surface area contributed by atoms with E-state index in [1.807, 2.05) is 25.1 Å². The maximum atomic E-state index is 12.6. The second-order valence-electron chi connectivity index (χ2n) is 7.97. The fourth-order valence-electron chi connectivity index (χ4n) is 3.83. The molecule has 1 aromatic carbocycles. The van der Waals surface area contributed by atoms with Gasteiger partial charge in [-0.15, -0.1) is 0 Å². The Labute approximate surface area is 180 Å². The molecule has 1 unspecified atom stereocenters. The molecule has 3 heterocycles. The monoisotopic (exact) mass is 427 g/mol.